The van der Waals surface area contributed by atoms with Crippen LogP contribution in [0.2, 0.25) is 5.02 Å². The lowest BCUT2D eigenvalue weighted by molar-refractivity contribution is 0.100. The third-order valence-electron chi connectivity index (χ3n) is 1.98. The second-order valence-electron chi connectivity index (χ2n) is 2.93. The normalized spacial score (nSPS) is 10.0. The monoisotopic (exact) mass is 213 g/mol. The summed E-state index contributed by atoms with van der Waals surface area (Å²) in [6.45, 7) is 1.81. The summed E-state index contributed by atoms with van der Waals surface area (Å²) in [7, 11) is 1.53. The third-order valence-corrected chi connectivity index (χ3v) is 2.28. The smallest absolute Gasteiger partial charge is 0.176 e. The number of hydrogen-bond acceptors (Lipinski definition) is 3. The van der Waals surface area contributed by atoms with Gasteiger partial charge in [0.25, 0.3) is 0 Å². The number of carbonyl (C=O) groups is 1. The minimum Gasteiger partial charge on any atom is -0.495 e. The Balaban J connectivity index is 3.21. The molecule has 0 aliphatic heterocycles. The van der Waals surface area contributed by atoms with Gasteiger partial charge in [-0.1, -0.05) is 11.6 Å². The zero-order valence-electron chi connectivity index (χ0n) is 8.13. The quantitative estimate of drug-likeness (QED) is 0.779. The molecular formula is C10H12ClNO2. The van der Waals surface area contributed by atoms with E-state index >= 15 is 0 Å². The fraction of sp³-hybridized carbons (Fsp3) is 0.300. The van der Waals surface area contributed by atoms with Gasteiger partial charge in [-0.3, -0.25) is 4.79 Å². The van der Waals surface area contributed by atoms with Gasteiger partial charge < -0.3 is 10.5 Å². The largest absolute Gasteiger partial charge is 0.495 e. The van der Waals surface area contributed by atoms with Crippen LogP contribution in [0.25, 0.3) is 0 Å². The molecule has 0 fully saturated rings. The van der Waals surface area contributed by atoms with Crippen molar-refractivity contribution < 1.29 is 9.53 Å². The first kappa shape index (κ1) is 11.0. The molecule has 3 nitrogen and oxygen atoms in total. The van der Waals surface area contributed by atoms with Crippen LogP contribution < -0.4 is 10.5 Å². The Morgan fingerprint density at radius 3 is 2.71 bits per heavy atom. The SMILES string of the molecule is COc1cc(C)c(C(=O)CN)cc1Cl. The lowest BCUT2D eigenvalue weighted by atomic mass is 10.0. The predicted octanol–water partition coefficient (Wildman–Crippen LogP) is 1.80. The number of rotatable bonds is 3. The molecular weight excluding hydrogens is 202 g/mol. The summed E-state index contributed by atoms with van der Waals surface area (Å²) >= 11 is 5.88. The van der Waals surface area contributed by atoms with Crippen molar-refractivity contribution in [1.82, 2.24) is 0 Å². The van der Waals surface area contributed by atoms with Crippen LogP contribution in [-0.4, -0.2) is 19.4 Å². The lowest BCUT2D eigenvalue weighted by Gasteiger charge is -2.08. The van der Waals surface area contributed by atoms with E-state index in [-0.39, 0.29) is 12.3 Å². The highest BCUT2D eigenvalue weighted by molar-refractivity contribution is 6.32. The van der Waals surface area contributed by atoms with Crippen molar-refractivity contribution in [3.05, 3.63) is 28.3 Å². The van der Waals surface area contributed by atoms with Crippen LogP contribution in [0.5, 0.6) is 5.75 Å². The van der Waals surface area contributed by atoms with Gasteiger partial charge in [-0.25, -0.2) is 0 Å². The Morgan fingerprint density at radius 2 is 2.21 bits per heavy atom. The molecule has 0 aliphatic carbocycles. The first-order chi connectivity index (χ1) is 6.60. The molecule has 14 heavy (non-hydrogen) atoms. The van der Waals surface area contributed by atoms with E-state index < -0.39 is 0 Å². The van der Waals surface area contributed by atoms with Crippen LogP contribution in [0.15, 0.2) is 12.1 Å². The summed E-state index contributed by atoms with van der Waals surface area (Å²) in [4.78, 5) is 11.4. The van der Waals surface area contributed by atoms with Gasteiger partial charge in [-0.2, -0.15) is 0 Å². The van der Waals surface area contributed by atoms with Gasteiger partial charge >= 0.3 is 0 Å². The van der Waals surface area contributed by atoms with Crippen molar-refractivity contribution in [3.63, 3.8) is 0 Å². The highest BCUT2D eigenvalue weighted by Gasteiger charge is 2.11. The Bertz CT molecular complexity index is 363. The molecule has 4 heteroatoms. The molecule has 0 heterocycles. The second kappa shape index (κ2) is 4.44. The number of nitrogens with two attached hydrogens (primary N) is 1. The van der Waals surface area contributed by atoms with Crippen molar-refractivity contribution in [2.24, 2.45) is 5.73 Å². The van der Waals surface area contributed by atoms with E-state index in [4.69, 9.17) is 22.1 Å². The fourth-order valence-corrected chi connectivity index (χ4v) is 1.46. The van der Waals surface area contributed by atoms with E-state index in [1.807, 2.05) is 6.92 Å². The Hall–Kier alpha value is -1.06. The number of Topliss-reactive ketones (excluding diaryl/α,β-unsaturated/α-hetero) is 1. The van der Waals surface area contributed by atoms with Crippen molar-refractivity contribution in [1.29, 1.82) is 0 Å². The molecule has 0 saturated heterocycles. The molecule has 0 bridgehead atoms. The number of methoxy groups -OCH3 is 1. The summed E-state index contributed by atoms with van der Waals surface area (Å²) in [5, 5.41) is 0.426. The third kappa shape index (κ3) is 2.05. The maximum absolute atomic E-state index is 11.4. The molecule has 0 unspecified atom stereocenters. The Labute approximate surface area is 87.8 Å². The van der Waals surface area contributed by atoms with Crippen molar-refractivity contribution >= 4 is 17.4 Å². The summed E-state index contributed by atoms with van der Waals surface area (Å²) in [6.07, 6.45) is 0. The Morgan fingerprint density at radius 1 is 1.57 bits per heavy atom. The first-order valence-electron chi connectivity index (χ1n) is 4.17. The number of benzene rings is 1. The maximum Gasteiger partial charge on any atom is 0.176 e. The molecule has 0 amide bonds. The summed E-state index contributed by atoms with van der Waals surface area (Å²) < 4.78 is 5.02. The van der Waals surface area contributed by atoms with E-state index in [1.165, 1.54) is 7.11 Å². The van der Waals surface area contributed by atoms with Crippen LogP contribution in [0.1, 0.15) is 15.9 Å². The highest BCUT2D eigenvalue weighted by atomic mass is 35.5. The average Bonchev–Trinajstić information content (AvgIpc) is 2.19. The predicted molar refractivity (Wildman–Crippen MR) is 56.1 cm³/mol. The average molecular weight is 214 g/mol. The molecule has 0 radical (unpaired) electrons. The van der Waals surface area contributed by atoms with Crippen molar-refractivity contribution in [3.8, 4) is 5.75 Å². The lowest BCUT2D eigenvalue weighted by Crippen LogP contribution is -2.14. The maximum atomic E-state index is 11.4. The van der Waals surface area contributed by atoms with Gasteiger partial charge in [0, 0.05) is 5.56 Å². The fourth-order valence-electron chi connectivity index (χ4n) is 1.22. The van der Waals surface area contributed by atoms with E-state index in [0.29, 0.717) is 16.3 Å². The summed E-state index contributed by atoms with van der Waals surface area (Å²) in [6, 6.07) is 3.32. The number of hydrogen-bond donors (Lipinski definition) is 1. The molecule has 1 aromatic rings. The van der Waals surface area contributed by atoms with Gasteiger partial charge in [-0.15, -0.1) is 0 Å². The molecule has 0 spiro atoms. The molecule has 1 rings (SSSR count). The number of ketones is 1. The van der Waals surface area contributed by atoms with Crippen LogP contribution in [0, 0.1) is 6.92 Å². The van der Waals surface area contributed by atoms with Gasteiger partial charge in [0.1, 0.15) is 5.75 Å². The molecule has 1 aromatic carbocycles. The second-order valence-corrected chi connectivity index (χ2v) is 3.34. The highest BCUT2D eigenvalue weighted by Crippen LogP contribution is 2.27. The zero-order valence-corrected chi connectivity index (χ0v) is 8.89. The topological polar surface area (TPSA) is 52.3 Å². The molecule has 2 N–H and O–H groups in total. The molecule has 76 valence electrons. The van der Waals surface area contributed by atoms with Crippen molar-refractivity contribution in [2.75, 3.05) is 13.7 Å². The van der Waals surface area contributed by atoms with Crippen molar-refractivity contribution in [2.45, 2.75) is 6.92 Å². The van der Waals surface area contributed by atoms with Crippen LogP contribution in [0.4, 0.5) is 0 Å². The first-order valence-corrected chi connectivity index (χ1v) is 4.55. The van der Waals surface area contributed by atoms with Crippen LogP contribution in [-0.2, 0) is 0 Å². The number of carbonyl (C=O) groups excluding carboxylic acids is 1. The van der Waals surface area contributed by atoms with E-state index in [2.05, 4.69) is 0 Å². The number of aryl methyl sites for hydroxylation is 1. The van der Waals surface area contributed by atoms with E-state index in [9.17, 15) is 4.79 Å². The van der Waals surface area contributed by atoms with Gasteiger partial charge in [0.15, 0.2) is 5.78 Å². The molecule has 0 aliphatic rings. The molecule has 0 atom stereocenters. The minimum atomic E-state index is -0.118. The summed E-state index contributed by atoms with van der Waals surface area (Å²) in [5.74, 6) is 0.449. The van der Waals surface area contributed by atoms with E-state index in [1.54, 1.807) is 12.1 Å². The van der Waals surface area contributed by atoms with Crippen LogP contribution >= 0.6 is 11.6 Å². The summed E-state index contributed by atoms with van der Waals surface area (Å²) in [5.41, 5.74) is 6.64. The molecule has 0 aromatic heterocycles. The minimum absolute atomic E-state index is 0.0104. The van der Waals surface area contributed by atoms with Crippen LogP contribution in [0.3, 0.4) is 0 Å². The molecule has 0 saturated carbocycles. The van der Waals surface area contributed by atoms with E-state index in [0.717, 1.165) is 5.56 Å². The number of ether oxygens (including phenoxy) is 1. The van der Waals surface area contributed by atoms with Gasteiger partial charge in [-0.05, 0) is 24.6 Å². The standard InChI is InChI=1S/C10H12ClNO2/c1-6-3-10(14-2)8(11)4-7(6)9(13)5-12/h3-4H,5,12H2,1-2H3. The van der Waals surface area contributed by atoms with Gasteiger partial charge in [0.2, 0.25) is 0 Å². The zero-order chi connectivity index (χ0) is 10.7. The van der Waals surface area contributed by atoms with Gasteiger partial charge in [0.05, 0.1) is 18.7 Å². The Kier molecular flexibility index (Phi) is 3.49. The number of halogens is 1.